The Morgan fingerprint density at radius 2 is 1.84 bits per heavy atom. The largest absolute Gasteiger partial charge is 0.455 e. The zero-order valence-electron chi connectivity index (χ0n) is 18.1. The first-order valence-corrected chi connectivity index (χ1v) is 10.3. The van der Waals surface area contributed by atoms with Crippen LogP contribution in [0.5, 0.6) is 0 Å². The van der Waals surface area contributed by atoms with Crippen LogP contribution < -0.4 is 5.32 Å². The van der Waals surface area contributed by atoms with Gasteiger partial charge in [0.2, 0.25) is 5.91 Å². The minimum Gasteiger partial charge on any atom is -0.455 e. The van der Waals surface area contributed by atoms with Crippen LogP contribution in [-0.4, -0.2) is 70.4 Å². The second kappa shape index (κ2) is 9.44. The van der Waals surface area contributed by atoms with E-state index in [1.54, 1.807) is 20.8 Å². The van der Waals surface area contributed by atoms with Gasteiger partial charge in [0.25, 0.3) is 0 Å². The molecule has 2 aliphatic heterocycles. The SMILES string of the molecule is CC(=O)N[C@H]1C(C2OC(c3ccccc3)OCC2O)N=C(C(=O)OC(C)(C)C)C[C@@H]1O. The van der Waals surface area contributed by atoms with Crippen LogP contribution in [0, 0.1) is 0 Å². The van der Waals surface area contributed by atoms with Gasteiger partial charge in [0.05, 0.1) is 18.8 Å². The Balaban J connectivity index is 1.91. The van der Waals surface area contributed by atoms with Crippen molar-refractivity contribution in [2.45, 2.75) is 76.4 Å². The van der Waals surface area contributed by atoms with E-state index in [4.69, 9.17) is 14.2 Å². The lowest BCUT2D eigenvalue weighted by atomic mass is 9.88. The van der Waals surface area contributed by atoms with Gasteiger partial charge in [0.15, 0.2) is 6.29 Å². The number of aliphatic imine (C=N–C) groups is 1. The monoisotopic (exact) mass is 434 g/mol. The number of aliphatic hydroxyl groups is 2. The fourth-order valence-corrected chi connectivity index (χ4v) is 3.68. The summed E-state index contributed by atoms with van der Waals surface area (Å²) < 4.78 is 17.0. The van der Waals surface area contributed by atoms with Crippen molar-refractivity contribution in [2.75, 3.05) is 6.61 Å². The van der Waals surface area contributed by atoms with Crippen molar-refractivity contribution in [3.05, 3.63) is 35.9 Å². The number of rotatable bonds is 4. The Kier molecular flexibility index (Phi) is 7.10. The number of hydrogen-bond acceptors (Lipinski definition) is 8. The van der Waals surface area contributed by atoms with Crippen molar-refractivity contribution in [2.24, 2.45) is 4.99 Å². The first kappa shape index (κ1) is 23.3. The topological polar surface area (TPSA) is 127 Å². The lowest BCUT2D eigenvalue weighted by Crippen LogP contribution is -2.61. The van der Waals surface area contributed by atoms with Crippen molar-refractivity contribution in [3.63, 3.8) is 0 Å². The summed E-state index contributed by atoms with van der Waals surface area (Å²) in [6.07, 6.45) is -3.95. The second-order valence-electron chi connectivity index (χ2n) is 8.81. The molecule has 2 aliphatic rings. The Hall–Kier alpha value is -2.33. The summed E-state index contributed by atoms with van der Waals surface area (Å²) in [5.74, 6) is -1.02. The molecule has 1 aromatic carbocycles. The highest BCUT2D eigenvalue weighted by atomic mass is 16.7. The zero-order valence-corrected chi connectivity index (χ0v) is 18.1. The third-order valence-electron chi connectivity index (χ3n) is 4.98. The summed E-state index contributed by atoms with van der Waals surface area (Å²) in [6, 6.07) is 7.43. The molecule has 1 amide bonds. The molecule has 0 spiro atoms. The maximum Gasteiger partial charge on any atom is 0.352 e. The third kappa shape index (κ3) is 5.88. The highest BCUT2D eigenvalue weighted by Gasteiger charge is 2.46. The van der Waals surface area contributed by atoms with Gasteiger partial charge in [-0.2, -0.15) is 0 Å². The van der Waals surface area contributed by atoms with E-state index < -0.39 is 48.3 Å². The van der Waals surface area contributed by atoms with Gasteiger partial charge in [-0.1, -0.05) is 30.3 Å². The van der Waals surface area contributed by atoms with E-state index in [1.807, 2.05) is 30.3 Å². The smallest absolute Gasteiger partial charge is 0.352 e. The summed E-state index contributed by atoms with van der Waals surface area (Å²) in [5, 5.41) is 24.0. The number of nitrogens with zero attached hydrogens (tertiary/aromatic N) is 1. The summed E-state index contributed by atoms with van der Waals surface area (Å²) >= 11 is 0. The average molecular weight is 434 g/mol. The van der Waals surface area contributed by atoms with Crippen LogP contribution in [0.15, 0.2) is 35.3 Å². The van der Waals surface area contributed by atoms with Gasteiger partial charge in [-0.15, -0.1) is 0 Å². The molecule has 6 atom stereocenters. The third-order valence-corrected chi connectivity index (χ3v) is 4.98. The average Bonchev–Trinajstić information content (AvgIpc) is 2.69. The fraction of sp³-hybridized carbons (Fsp3) is 0.591. The predicted octanol–water partition coefficient (Wildman–Crippen LogP) is 0.882. The highest BCUT2D eigenvalue weighted by molar-refractivity contribution is 6.37. The van der Waals surface area contributed by atoms with Crippen LogP contribution in [0.1, 0.15) is 46.0 Å². The highest BCUT2D eigenvalue weighted by Crippen LogP contribution is 2.32. The maximum atomic E-state index is 12.6. The first-order chi connectivity index (χ1) is 14.5. The Labute approximate surface area is 181 Å². The van der Waals surface area contributed by atoms with E-state index >= 15 is 0 Å². The lowest BCUT2D eigenvalue weighted by molar-refractivity contribution is -0.263. The molecule has 0 aliphatic carbocycles. The number of esters is 1. The summed E-state index contributed by atoms with van der Waals surface area (Å²) in [6.45, 7) is 6.50. The number of carbonyl (C=O) groups excluding carboxylic acids is 2. The molecule has 3 N–H and O–H groups in total. The minimum atomic E-state index is -1.11. The van der Waals surface area contributed by atoms with Gasteiger partial charge in [-0.3, -0.25) is 9.79 Å². The Morgan fingerprint density at radius 1 is 1.16 bits per heavy atom. The van der Waals surface area contributed by atoms with E-state index in [0.717, 1.165) is 5.56 Å². The number of hydrogen-bond donors (Lipinski definition) is 3. The maximum absolute atomic E-state index is 12.6. The van der Waals surface area contributed by atoms with E-state index in [2.05, 4.69) is 10.3 Å². The molecule has 4 unspecified atom stereocenters. The standard InChI is InChI=1S/C22H30N2O7/c1-12(25)23-17-15(26)10-14(20(28)31-22(2,3)4)24-18(17)19-16(27)11-29-21(30-19)13-8-6-5-7-9-13/h5-9,15-19,21,26-27H,10-11H2,1-4H3,(H,23,25)/t15-,16?,17+,18?,19?,21?/m0/s1. The molecule has 2 heterocycles. The van der Waals surface area contributed by atoms with Gasteiger partial charge < -0.3 is 29.7 Å². The fourth-order valence-electron chi connectivity index (χ4n) is 3.68. The molecule has 1 aromatic rings. The van der Waals surface area contributed by atoms with Crippen molar-refractivity contribution in [1.82, 2.24) is 5.32 Å². The van der Waals surface area contributed by atoms with Gasteiger partial charge in [0.1, 0.15) is 29.6 Å². The number of carbonyl (C=O) groups is 2. The van der Waals surface area contributed by atoms with Crippen molar-refractivity contribution < 1.29 is 34.0 Å². The molecular weight excluding hydrogens is 404 g/mol. The molecule has 1 fully saturated rings. The summed E-state index contributed by atoms with van der Waals surface area (Å²) in [5.41, 5.74) is 0.0532. The van der Waals surface area contributed by atoms with Gasteiger partial charge in [0, 0.05) is 18.9 Å². The number of benzene rings is 1. The van der Waals surface area contributed by atoms with Gasteiger partial charge in [-0.05, 0) is 20.8 Å². The van der Waals surface area contributed by atoms with Gasteiger partial charge >= 0.3 is 5.97 Å². The molecule has 3 rings (SSSR count). The van der Waals surface area contributed by atoms with Crippen molar-refractivity contribution in [3.8, 4) is 0 Å². The molecular formula is C22H30N2O7. The van der Waals surface area contributed by atoms with Crippen molar-refractivity contribution in [1.29, 1.82) is 0 Å². The van der Waals surface area contributed by atoms with E-state index in [9.17, 15) is 19.8 Å². The summed E-state index contributed by atoms with van der Waals surface area (Å²) in [4.78, 5) is 28.9. The molecule has 31 heavy (non-hydrogen) atoms. The first-order valence-electron chi connectivity index (χ1n) is 10.3. The molecule has 1 saturated heterocycles. The molecule has 0 bridgehead atoms. The molecule has 0 saturated carbocycles. The van der Waals surface area contributed by atoms with E-state index in [-0.39, 0.29) is 24.6 Å². The van der Waals surface area contributed by atoms with Crippen LogP contribution in [-0.2, 0) is 23.8 Å². The van der Waals surface area contributed by atoms with Gasteiger partial charge in [-0.25, -0.2) is 4.79 Å². The Morgan fingerprint density at radius 3 is 2.45 bits per heavy atom. The Bertz CT molecular complexity index is 821. The lowest BCUT2D eigenvalue weighted by Gasteiger charge is -2.42. The van der Waals surface area contributed by atoms with Crippen molar-refractivity contribution >= 4 is 17.6 Å². The predicted molar refractivity (Wildman–Crippen MR) is 111 cm³/mol. The molecule has 0 aromatic heterocycles. The second-order valence-corrected chi connectivity index (χ2v) is 8.81. The van der Waals surface area contributed by atoms with Crippen LogP contribution in [0.4, 0.5) is 0 Å². The number of aliphatic hydroxyl groups excluding tert-OH is 2. The molecule has 9 heteroatoms. The van der Waals surface area contributed by atoms with Crippen LogP contribution in [0.2, 0.25) is 0 Å². The van der Waals surface area contributed by atoms with Crippen LogP contribution >= 0.6 is 0 Å². The number of ether oxygens (including phenoxy) is 3. The minimum absolute atomic E-state index is 0.0269. The molecule has 0 radical (unpaired) electrons. The number of amides is 1. The van der Waals surface area contributed by atoms with E-state index in [1.165, 1.54) is 6.92 Å². The van der Waals surface area contributed by atoms with E-state index in [0.29, 0.717) is 0 Å². The zero-order chi connectivity index (χ0) is 22.8. The summed E-state index contributed by atoms with van der Waals surface area (Å²) in [7, 11) is 0. The molecule has 170 valence electrons. The quantitative estimate of drug-likeness (QED) is 0.601. The molecule has 9 nitrogen and oxygen atoms in total. The number of nitrogens with one attached hydrogen (secondary N) is 1. The normalized spacial score (nSPS) is 31.5. The van der Waals surface area contributed by atoms with Crippen LogP contribution in [0.25, 0.3) is 0 Å². The van der Waals surface area contributed by atoms with Crippen LogP contribution in [0.3, 0.4) is 0 Å².